The molecule has 208 valence electrons. The highest BCUT2D eigenvalue weighted by atomic mass is 35.5. The number of benzene rings is 4. The van der Waals surface area contributed by atoms with Gasteiger partial charge in [-0.2, -0.15) is 0 Å². The minimum atomic E-state index is -0.937. The smallest absolute Gasteiger partial charge is 0.201 e. The van der Waals surface area contributed by atoms with Crippen molar-refractivity contribution in [3.8, 4) is 11.3 Å². The van der Waals surface area contributed by atoms with Crippen molar-refractivity contribution in [3.05, 3.63) is 155 Å². The maximum absolute atomic E-state index is 16.7. The van der Waals surface area contributed by atoms with Gasteiger partial charge in [0.2, 0.25) is 6.29 Å². The summed E-state index contributed by atoms with van der Waals surface area (Å²) in [5.74, 6) is -0.491. The van der Waals surface area contributed by atoms with Crippen molar-refractivity contribution in [3.63, 3.8) is 0 Å². The molecule has 0 radical (unpaired) electrons. The van der Waals surface area contributed by atoms with Gasteiger partial charge < -0.3 is 14.8 Å². The van der Waals surface area contributed by atoms with E-state index in [4.69, 9.17) is 26.1 Å². The number of aromatic nitrogens is 1. The number of hydrogen-bond acceptors (Lipinski definition) is 4. The number of anilines is 1. The van der Waals surface area contributed by atoms with Crippen LogP contribution in [0.2, 0.25) is 5.02 Å². The summed E-state index contributed by atoms with van der Waals surface area (Å²) in [5.41, 5.74) is 3.42. The minimum Gasteiger partial charge on any atom is -0.365 e. The fourth-order valence-corrected chi connectivity index (χ4v) is 5.19. The van der Waals surface area contributed by atoms with Crippen molar-refractivity contribution in [1.29, 1.82) is 0 Å². The molecule has 4 aromatic carbocycles. The van der Waals surface area contributed by atoms with Crippen LogP contribution in [0.4, 0.5) is 10.1 Å². The molecule has 6 heteroatoms. The van der Waals surface area contributed by atoms with E-state index in [2.05, 4.69) is 41.7 Å². The van der Waals surface area contributed by atoms with Gasteiger partial charge in [-0.25, -0.2) is 9.37 Å². The Morgan fingerprint density at radius 2 is 1.20 bits per heavy atom. The third-order valence-corrected chi connectivity index (χ3v) is 7.17. The normalized spacial score (nSPS) is 11.5. The zero-order valence-electron chi connectivity index (χ0n) is 23.1. The third kappa shape index (κ3) is 6.03. The first-order valence-electron chi connectivity index (χ1n) is 13.7. The number of ether oxygens (including phenoxy) is 2. The number of halogens is 2. The maximum Gasteiger partial charge on any atom is 0.201 e. The molecule has 41 heavy (non-hydrogen) atoms. The molecule has 5 rings (SSSR count). The molecule has 5 aromatic rings. The third-order valence-electron chi connectivity index (χ3n) is 6.92. The van der Waals surface area contributed by atoms with E-state index in [1.807, 2.05) is 68.4 Å². The molecular weight excluding hydrogens is 535 g/mol. The topological polar surface area (TPSA) is 43.4 Å². The fourth-order valence-electron chi connectivity index (χ4n) is 5.06. The highest BCUT2D eigenvalue weighted by molar-refractivity contribution is 6.30. The molecular formula is C35H32ClFN2O2. The van der Waals surface area contributed by atoms with Gasteiger partial charge in [0.25, 0.3) is 0 Å². The van der Waals surface area contributed by atoms with Crippen LogP contribution in [0.3, 0.4) is 0 Å². The number of nitrogens with one attached hydrogen (secondary N) is 1. The Balaban J connectivity index is 1.79. The van der Waals surface area contributed by atoms with Crippen LogP contribution in [-0.2, 0) is 15.0 Å². The predicted molar refractivity (Wildman–Crippen MR) is 163 cm³/mol. The van der Waals surface area contributed by atoms with E-state index in [1.165, 1.54) is 0 Å². The van der Waals surface area contributed by atoms with Crippen LogP contribution < -0.4 is 5.32 Å². The molecule has 0 bridgehead atoms. The molecule has 0 aliphatic carbocycles. The molecule has 0 fully saturated rings. The van der Waals surface area contributed by atoms with E-state index in [1.54, 1.807) is 30.3 Å². The SMILES string of the molecule is CCOC(OCC)c1cc(NC(c2ccccc2)(c2ccccc2)c2ccccc2)c(F)c(-c2ccc(Cl)cc2)n1. The Kier molecular flexibility index (Phi) is 9.10. The Hall–Kier alpha value is -4.03. The number of rotatable bonds is 11. The van der Waals surface area contributed by atoms with Gasteiger partial charge in [0.05, 0.1) is 11.4 Å². The molecule has 1 aromatic heterocycles. The molecule has 0 saturated heterocycles. The van der Waals surface area contributed by atoms with Crippen molar-refractivity contribution < 1.29 is 13.9 Å². The molecule has 0 unspecified atom stereocenters. The monoisotopic (exact) mass is 566 g/mol. The average molecular weight is 567 g/mol. The van der Waals surface area contributed by atoms with Crippen LogP contribution >= 0.6 is 11.6 Å². The van der Waals surface area contributed by atoms with Crippen LogP contribution in [0.1, 0.15) is 42.5 Å². The number of pyridine rings is 1. The van der Waals surface area contributed by atoms with E-state index >= 15 is 4.39 Å². The summed E-state index contributed by atoms with van der Waals surface area (Å²) in [6, 6.07) is 38.8. The van der Waals surface area contributed by atoms with Gasteiger partial charge in [0, 0.05) is 23.8 Å². The second-order valence-electron chi connectivity index (χ2n) is 9.48. The molecule has 0 aliphatic rings. The van der Waals surface area contributed by atoms with Gasteiger partial charge in [-0.15, -0.1) is 0 Å². The van der Waals surface area contributed by atoms with Crippen LogP contribution in [0.15, 0.2) is 121 Å². The number of nitrogens with zero attached hydrogens (tertiary/aromatic N) is 1. The Labute approximate surface area is 245 Å². The van der Waals surface area contributed by atoms with Crippen molar-refractivity contribution in [2.75, 3.05) is 18.5 Å². The van der Waals surface area contributed by atoms with Crippen molar-refractivity contribution in [1.82, 2.24) is 4.98 Å². The minimum absolute atomic E-state index is 0.175. The molecule has 0 saturated carbocycles. The van der Waals surface area contributed by atoms with Crippen LogP contribution in [-0.4, -0.2) is 18.2 Å². The summed E-state index contributed by atoms with van der Waals surface area (Å²) in [6.07, 6.45) is -0.767. The van der Waals surface area contributed by atoms with Gasteiger partial charge >= 0.3 is 0 Å². The van der Waals surface area contributed by atoms with Gasteiger partial charge in [-0.1, -0.05) is 115 Å². The summed E-state index contributed by atoms with van der Waals surface area (Å²) in [7, 11) is 0. The Morgan fingerprint density at radius 1 is 0.732 bits per heavy atom. The second-order valence-corrected chi connectivity index (χ2v) is 9.92. The largest absolute Gasteiger partial charge is 0.365 e. The zero-order valence-corrected chi connectivity index (χ0v) is 23.8. The van der Waals surface area contributed by atoms with E-state index in [9.17, 15) is 0 Å². The van der Waals surface area contributed by atoms with Crippen LogP contribution in [0, 0.1) is 5.82 Å². The van der Waals surface area contributed by atoms with Crippen LogP contribution in [0.25, 0.3) is 11.3 Å². The molecule has 1 N–H and O–H groups in total. The summed E-state index contributed by atoms with van der Waals surface area (Å²) >= 11 is 6.16. The molecule has 0 aliphatic heterocycles. The molecule has 1 heterocycles. The van der Waals surface area contributed by atoms with E-state index in [0.717, 1.165) is 16.7 Å². The lowest BCUT2D eigenvalue weighted by Crippen LogP contribution is -2.38. The number of hydrogen-bond donors (Lipinski definition) is 1. The van der Waals surface area contributed by atoms with E-state index in [0.29, 0.717) is 29.5 Å². The van der Waals surface area contributed by atoms with Crippen LogP contribution in [0.5, 0.6) is 0 Å². The van der Waals surface area contributed by atoms with E-state index < -0.39 is 17.6 Å². The standard InChI is InChI=1S/C35H32ClFN2O2/c1-3-40-34(41-4-2)31-24-30(32(37)33(38-31)25-20-22-29(36)23-21-25)39-35(26-14-8-5-9-15-26,27-16-10-6-11-17-27)28-18-12-7-13-19-28/h5-24,34H,3-4H2,1-2H3,(H,38,39). The average Bonchev–Trinajstić information content (AvgIpc) is 3.02. The lowest BCUT2D eigenvalue weighted by atomic mass is 9.76. The highest BCUT2D eigenvalue weighted by Gasteiger charge is 2.37. The quantitative estimate of drug-likeness (QED) is 0.128. The summed E-state index contributed by atoms with van der Waals surface area (Å²) in [4.78, 5) is 4.71. The predicted octanol–water partition coefficient (Wildman–Crippen LogP) is 9.02. The lowest BCUT2D eigenvalue weighted by molar-refractivity contribution is -0.142. The van der Waals surface area contributed by atoms with Crippen molar-refractivity contribution in [2.45, 2.75) is 25.7 Å². The fraction of sp³-hybridized carbons (Fsp3) is 0.171. The van der Waals surface area contributed by atoms with Gasteiger partial charge in [-0.05, 0) is 48.7 Å². The van der Waals surface area contributed by atoms with Crippen molar-refractivity contribution in [2.24, 2.45) is 0 Å². The second kappa shape index (κ2) is 13.1. The maximum atomic E-state index is 16.7. The van der Waals surface area contributed by atoms with Crippen molar-refractivity contribution >= 4 is 17.3 Å². The van der Waals surface area contributed by atoms with Gasteiger partial charge in [-0.3, -0.25) is 0 Å². The first kappa shape index (κ1) is 28.5. The summed E-state index contributed by atoms with van der Waals surface area (Å²) < 4.78 is 28.5. The van der Waals surface area contributed by atoms with E-state index in [-0.39, 0.29) is 11.4 Å². The first-order valence-corrected chi connectivity index (χ1v) is 14.1. The Bertz CT molecular complexity index is 1450. The lowest BCUT2D eigenvalue weighted by Gasteiger charge is -2.38. The first-order chi connectivity index (χ1) is 20.1. The molecule has 4 nitrogen and oxygen atoms in total. The molecule has 0 amide bonds. The summed E-state index contributed by atoms with van der Waals surface area (Å²) in [5, 5.41) is 4.22. The highest BCUT2D eigenvalue weighted by Crippen LogP contribution is 2.42. The van der Waals surface area contributed by atoms with Gasteiger partial charge in [0.1, 0.15) is 11.2 Å². The van der Waals surface area contributed by atoms with Gasteiger partial charge in [0.15, 0.2) is 5.82 Å². The zero-order chi connectivity index (χ0) is 28.7. The molecule has 0 atom stereocenters. The molecule has 0 spiro atoms. The summed E-state index contributed by atoms with van der Waals surface area (Å²) in [6.45, 7) is 4.59. The Morgan fingerprint density at radius 3 is 1.63 bits per heavy atom.